The van der Waals surface area contributed by atoms with Crippen LogP contribution < -0.4 is 0 Å². The number of carbonyl (C=O) groups excluding carboxylic acids is 1. The molecule has 1 nitrogen and oxygen atoms in total. The summed E-state index contributed by atoms with van der Waals surface area (Å²) in [5.41, 5.74) is 1.04. The molecule has 1 unspecified atom stereocenters. The third kappa shape index (κ3) is 1.69. The van der Waals surface area contributed by atoms with E-state index >= 15 is 0 Å². The Morgan fingerprint density at radius 2 is 2.40 bits per heavy atom. The molecule has 56 valence electrons. The van der Waals surface area contributed by atoms with E-state index in [1.165, 1.54) is 6.42 Å². The van der Waals surface area contributed by atoms with Gasteiger partial charge in [-0.25, -0.2) is 0 Å². The molecule has 10 heavy (non-hydrogen) atoms. The molecule has 0 spiro atoms. The topological polar surface area (TPSA) is 17.1 Å². The molecule has 0 amide bonds. The van der Waals surface area contributed by atoms with Crippen molar-refractivity contribution in [2.24, 2.45) is 5.92 Å². The van der Waals surface area contributed by atoms with Gasteiger partial charge in [0.15, 0.2) is 5.78 Å². The lowest BCUT2D eigenvalue weighted by molar-refractivity contribution is -0.113. The Kier molecular flexibility index (Phi) is 2.25. The summed E-state index contributed by atoms with van der Waals surface area (Å²) < 4.78 is 0. The summed E-state index contributed by atoms with van der Waals surface area (Å²) in [5.74, 6) is 0.968. The monoisotopic (exact) mass is 138 g/mol. The second kappa shape index (κ2) is 3.00. The average Bonchev–Trinajstić information content (AvgIpc) is 1.88. The van der Waals surface area contributed by atoms with Crippen LogP contribution in [0.4, 0.5) is 0 Å². The van der Waals surface area contributed by atoms with Gasteiger partial charge in [0, 0.05) is 0 Å². The van der Waals surface area contributed by atoms with Crippen molar-refractivity contribution in [1.82, 2.24) is 0 Å². The van der Waals surface area contributed by atoms with Gasteiger partial charge in [0.1, 0.15) is 0 Å². The first-order valence-electron chi connectivity index (χ1n) is 3.90. The summed E-state index contributed by atoms with van der Waals surface area (Å²) in [6.07, 6.45) is 5.42. The second-order valence-corrected chi connectivity index (χ2v) is 3.17. The van der Waals surface area contributed by atoms with E-state index in [0.717, 1.165) is 18.4 Å². The standard InChI is InChI=1S/C9H14O/c1-7-4-3-5-9(6-7)8(2)10/h5,7H,3-4,6H2,1-2H3. The van der Waals surface area contributed by atoms with Crippen LogP contribution in [-0.4, -0.2) is 5.78 Å². The smallest absolute Gasteiger partial charge is 0.155 e. The molecule has 0 saturated heterocycles. The number of allylic oxidation sites excluding steroid dienone is 2. The van der Waals surface area contributed by atoms with Crippen LogP contribution in [0.3, 0.4) is 0 Å². The highest BCUT2D eigenvalue weighted by atomic mass is 16.1. The van der Waals surface area contributed by atoms with Crippen LogP contribution in [0, 0.1) is 5.92 Å². The fraction of sp³-hybridized carbons (Fsp3) is 0.667. The van der Waals surface area contributed by atoms with Gasteiger partial charge in [0.05, 0.1) is 0 Å². The molecule has 0 saturated carbocycles. The zero-order valence-corrected chi connectivity index (χ0v) is 6.68. The van der Waals surface area contributed by atoms with Crippen molar-refractivity contribution < 1.29 is 4.79 Å². The maximum atomic E-state index is 10.9. The molecule has 0 aromatic heterocycles. The van der Waals surface area contributed by atoms with Crippen molar-refractivity contribution in [2.75, 3.05) is 0 Å². The fourth-order valence-electron chi connectivity index (χ4n) is 1.39. The van der Waals surface area contributed by atoms with E-state index in [9.17, 15) is 4.79 Å². The van der Waals surface area contributed by atoms with Gasteiger partial charge >= 0.3 is 0 Å². The molecule has 0 N–H and O–H groups in total. The normalized spacial score (nSPS) is 25.8. The molecular weight excluding hydrogens is 124 g/mol. The van der Waals surface area contributed by atoms with E-state index in [-0.39, 0.29) is 5.78 Å². The number of Topliss-reactive ketones (excluding diaryl/α,β-unsaturated/α-hetero) is 1. The summed E-state index contributed by atoms with van der Waals surface area (Å²) in [6.45, 7) is 3.86. The molecule has 0 aliphatic heterocycles. The predicted molar refractivity (Wildman–Crippen MR) is 41.8 cm³/mol. The molecular formula is C9H14O. The Labute approximate surface area is 62.1 Å². The molecule has 0 fully saturated rings. The number of rotatable bonds is 1. The van der Waals surface area contributed by atoms with Gasteiger partial charge < -0.3 is 0 Å². The largest absolute Gasteiger partial charge is 0.295 e. The Balaban J connectivity index is 2.60. The summed E-state index contributed by atoms with van der Waals surface area (Å²) in [7, 11) is 0. The minimum Gasteiger partial charge on any atom is -0.295 e. The van der Waals surface area contributed by atoms with Gasteiger partial charge in [0.2, 0.25) is 0 Å². The van der Waals surface area contributed by atoms with Crippen molar-refractivity contribution in [3.05, 3.63) is 11.6 Å². The van der Waals surface area contributed by atoms with Crippen LogP contribution >= 0.6 is 0 Å². The molecule has 1 atom stereocenters. The van der Waals surface area contributed by atoms with Crippen LogP contribution in [0.5, 0.6) is 0 Å². The zero-order chi connectivity index (χ0) is 7.56. The molecule has 0 aromatic rings. The lowest BCUT2D eigenvalue weighted by Crippen LogP contribution is -2.07. The summed E-state index contributed by atoms with van der Waals surface area (Å²) in [4.78, 5) is 10.9. The highest BCUT2D eigenvalue weighted by molar-refractivity contribution is 5.93. The van der Waals surface area contributed by atoms with E-state index in [1.54, 1.807) is 6.92 Å². The maximum Gasteiger partial charge on any atom is 0.155 e. The zero-order valence-electron chi connectivity index (χ0n) is 6.68. The van der Waals surface area contributed by atoms with Gasteiger partial charge in [-0.05, 0) is 37.7 Å². The summed E-state index contributed by atoms with van der Waals surface area (Å²) in [6, 6.07) is 0. The van der Waals surface area contributed by atoms with E-state index in [1.807, 2.05) is 0 Å². The summed E-state index contributed by atoms with van der Waals surface area (Å²) in [5, 5.41) is 0. The van der Waals surface area contributed by atoms with E-state index in [0.29, 0.717) is 5.92 Å². The van der Waals surface area contributed by atoms with Crippen molar-refractivity contribution >= 4 is 5.78 Å². The molecule has 0 aromatic carbocycles. The number of carbonyl (C=O) groups is 1. The quantitative estimate of drug-likeness (QED) is 0.543. The number of hydrogen-bond donors (Lipinski definition) is 0. The average molecular weight is 138 g/mol. The van der Waals surface area contributed by atoms with Crippen LogP contribution in [-0.2, 0) is 4.79 Å². The third-order valence-corrected chi connectivity index (χ3v) is 2.07. The van der Waals surface area contributed by atoms with Gasteiger partial charge in [-0.2, -0.15) is 0 Å². The van der Waals surface area contributed by atoms with Crippen molar-refractivity contribution in [2.45, 2.75) is 33.1 Å². The second-order valence-electron chi connectivity index (χ2n) is 3.17. The first-order chi connectivity index (χ1) is 4.70. The molecule has 1 aliphatic carbocycles. The highest BCUT2D eigenvalue weighted by Gasteiger charge is 2.13. The van der Waals surface area contributed by atoms with Crippen LogP contribution in [0.2, 0.25) is 0 Å². The van der Waals surface area contributed by atoms with Crippen molar-refractivity contribution in [1.29, 1.82) is 0 Å². The molecule has 0 heterocycles. The molecule has 0 bridgehead atoms. The first-order valence-corrected chi connectivity index (χ1v) is 3.90. The van der Waals surface area contributed by atoms with E-state index in [2.05, 4.69) is 13.0 Å². The van der Waals surface area contributed by atoms with Gasteiger partial charge in [-0.3, -0.25) is 4.79 Å². The molecule has 1 aliphatic rings. The van der Waals surface area contributed by atoms with Crippen LogP contribution in [0.25, 0.3) is 0 Å². The van der Waals surface area contributed by atoms with Gasteiger partial charge in [-0.15, -0.1) is 0 Å². The number of ketones is 1. The van der Waals surface area contributed by atoms with E-state index in [4.69, 9.17) is 0 Å². The lowest BCUT2D eigenvalue weighted by atomic mass is 9.89. The Morgan fingerprint density at radius 3 is 2.80 bits per heavy atom. The van der Waals surface area contributed by atoms with Crippen molar-refractivity contribution in [3.63, 3.8) is 0 Å². The van der Waals surface area contributed by atoms with Crippen LogP contribution in [0.15, 0.2) is 11.6 Å². The molecule has 1 heteroatoms. The predicted octanol–water partition coefficient (Wildman–Crippen LogP) is 2.32. The Hall–Kier alpha value is -0.590. The Morgan fingerprint density at radius 1 is 1.70 bits per heavy atom. The molecule has 1 rings (SSSR count). The minimum absolute atomic E-state index is 0.256. The minimum atomic E-state index is 0.256. The first kappa shape index (κ1) is 7.52. The highest BCUT2D eigenvalue weighted by Crippen LogP contribution is 2.23. The van der Waals surface area contributed by atoms with Gasteiger partial charge in [0.25, 0.3) is 0 Å². The van der Waals surface area contributed by atoms with Crippen molar-refractivity contribution in [3.8, 4) is 0 Å². The molecule has 0 radical (unpaired) electrons. The lowest BCUT2D eigenvalue weighted by Gasteiger charge is -2.16. The summed E-state index contributed by atoms with van der Waals surface area (Å²) >= 11 is 0. The maximum absolute atomic E-state index is 10.9. The third-order valence-electron chi connectivity index (χ3n) is 2.07. The fourth-order valence-corrected chi connectivity index (χ4v) is 1.39. The SMILES string of the molecule is CC(=O)C1=CCCC(C)C1. The van der Waals surface area contributed by atoms with Gasteiger partial charge in [-0.1, -0.05) is 13.0 Å². The Bertz CT molecular complexity index is 168. The van der Waals surface area contributed by atoms with Crippen LogP contribution in [0.1, 0.15) is 33.1 Å². The van der Waals surface area contributed by atoms with E-state index < -0.39 is 0 Å². The number of hydrogen-bond acceptors (Lipinski definition) is 1.